The molecule has 3 rings (SSSR count). The first kappa shape index (κ1) is 10.8. The van der Waals surface area contributed by atoms with Crippen LogP contribution in [0.1, 0.15) is 11.4 Å². The smallest absolute Gasteiger partial charge is 0.239 e. The number of nitrogens with zero attached hydrogens (tertiary/aromatic N) is 2. The molecule has 2 aromatic heterocycles. The highest BCUT2D eigenvalue weighted by Crippen LogP contribution is 2.27. The molecule has 2 N–H and O–H groups in total. The van der Waals surface area contributed by atoms with E-state index in [1.165, 1.54) is 5.56 Å². The lowest BCUT2D eigenvalue weighted by Gasteiger charge is -1.98. The first-order chi connectivity index (χ1) is 8.63. The summed E-state index contributed by atoms with van der Waals surface area (Å²) in [5, 5.41) is 9.77. The van der Waals surface area contributed by atoms with Crippen LogP contribution in [0, 0.1) is 13.8 Å². The number of hydrogen-bond donors (Lipinski definition) is 2. The summed E-state index contributed by atoms with van der Waals surface area (Å²) >= 11 is 0. The largest absolute Gasteiger partial charge is 0.492 e. The maximum Gasteiger partial charge on any atom is 0.239 e. The standard InChI is InChI=1S/C14H13N3O/c1-8-3-5-10(6-4-8)11-7-12-13(17-11)14(18)16-9(2)15-12/h3-7,17H,1-2H3,(H,15,16,18). The Morgan fingerprint density at radius 3 is 2.50 bits per heavy atom. The molecule has 0 aliphatic rings. The van der Waals surface area contributed by atoms with Crippen LogP contribution < -0.4 is 0 Å². The fourth-order valence-electron chi connectivity index (χ4n) is 2.00. The third-order valence-corrected chi connectivity index (χ3v) is 2.93. The molecule has 4 nitrogen and oxygen atoms in total. The molecule has 0 atom stereocenters. The Bertz CT molecular complexity index is 714. The van der Waals surface area contributed by atoms with Crippen molar-refractivity contribution in [2.24, 2.45) is 0 Å². The van der Waals surface area contributed by atoms with Crippen molar-refractivity contribution in [1.29, 1.82) is 0 Å². The molecule has 0 aliphatic heterocycles. The van der Waals surface area contributed by atoms with Gasteiger partial charge in [0.1, 0.15) is 11.3 Å². The van der Waals surface area contributed by atoms with Crippen molar-refractivity contribution < 1.29 is 5.11 Å². The number of rotatable bonds is 1. The Morgan fingerprint density at radius 1 is 1.06 bits per heavy atom. The van der Waals surface area contributed by atoms with Crippen molar-refractivity contribution in [3.05, 3.63) is 41.7 Å². The summed E-state index contributed by atoms with van der Waals surface area (Å²) in [5.41, 5.74) is 4.52. The number of hydrogen-bond acceptors (Lipinski definition) is 3. The highest BCUT2D eigenvalue weighted by atomic mass is 16.3. The molecule has 90 valence electrons. The zero-order chi connectivity index (χ0) is 12.7. The molecule has 0 unspecified atom stereocenters. The second-order valence-corrected chi connectivity index (χ2v) is 4.40. The zero-order valence-corrected chi connectivity index (χ0v) is 10.2. The van der Waals surface area contributed by atoms with E-state index in [1.54, 1.807) is 6.92 Å². The van der Waals surface area contributed by atoms with Crippen molar-refractivity contribution >= 4 is 11.0 Å². The van der Waals surface area contributed by atoms with Crippen molar-refractivity contribution in [3.63, 3.8) is 0 Å². The minimum atomic E-state index is -0.00383. The van der Waals surface area contributed by atoms with Gasteiger partial charge in [0, 0.05) is 5.69 Å². The van der Waals surface area contributed by atoms with Gasteiger partial charge in [0.15, 0.2) is 0 Å². The highest BCUT2D eigenvalue weighted by molar-refractivity contribution is 5.85. The fourth-order valence-corrected chi connectivity index (χ4v) is 2.00. The van der Waals surface area contributed by atoms with Crippen LogP contribution in [-0.2, 0) is 0 Å². The monoisotopic (exact) mass is 239 g/mol. The number of aromatic nitrogens is 3. The zero-order valence-electron chi connectivity index (χ0n) is 10.2. The average molecular weight is 239 g/mol. The Balaban J connectivity index is 2.19. The van der Waals surface area contributed by atoms with Gasteiger partial charge in [-0.1, -0.05) is 29.8 Å². The first-order valence-corrected chi connectivity index (χ1v) is 5.77. The number of aromatic amines is 1. The van der Waals surface area contributed by atoms with Crippen molar-refractivity contribution in [2.75, 3.05) is 0 Å². The van der Waals surface area contributed by atoms with Crippen LogP contribution in [0.3, 0.4) is 0 Å². The lowest BCUT2D eigenvalue weighted by Crippen LogP contribution is -1.87. The Kier molecular flexibility index (Phi) is 2.30. The molecule has 0 saturated carbocycles. The van der Waals surface area contributed by atoms with Gasteiger partial charge in [-0.05, 0) is 25.5 Å². The van der Waals surface area contributed by atoms with E-state index in [0.29, 0.717) is 11.3 Å². The second kappa shape index (κ2) is 3.84. The predicted octanol–water partition coefficient (Wildman–Crippen LogP) is 2.95. The molecule has 0 aliphatic carbocycles. The number of aromatic hydroxyl groups is 1. The van der Waals surface area contributed by atoms with E-state index in [-0.39, 0.29) is 5.88 Å². The van der Waals surface area contributed by atoms with Gasteiger partial charge in [0.05, 0.1) is 5.52 Å². The van der Waals surface area contributed by atoms with E-state index in [4.69, 9.17) is 0 Å². The molecular weight excluding hydrogens is 226 g/mol. The number of fused-ring (bicyclic) bond motifs is 1. The van der Waals surface area contributed by atoms with Crippen molar-refractivity contribution in [3.8, 4) is 17.1 Å². The summed E-state index contributed by atoms with van der Waals surface area (Å²) in [5.74, 6) is 0.560. The molecule has 0 saturated heterocycles. The van der Waals surface area contributed by atoms with Crippen LogP contribution in [0.25, 0.3) is 22.3 Å². The van der Waals surface area contributed by atoms with Gasteiger partial charge in [-0.2, -0.15) is 4.98 Å². The number of aryl methyl sites for hydroxylation is 2. The normalized spacial score (nSPS) is 11.0. The summed E-state index contributed by atoms with van der Waals surface area (Å²) < 4.78 is 0. The quantitative estimate of drug-likeness (QED) is 0.686. The van der Waals surface area contributed by atoms with Gasteiger partial charge in [0.2, 0.25) is 5.88 Å². The predicted molar refractivity (Wildman–Crippen MR) is 70.5 cm³/mol. The molecule has 0 spiro atoms. The molecule has 0 fully saturated rings. The molecule has 0 bridgehead atoms. The average Bonchev–Trinajstić information content (AvgIpc) is 2.74. The molecule has 1 aromatic carbocycles. The minimum Gasteiger partial charge on any atom is -0.492 e. The van der Waals surface area contributed by atoms with Crippen LogP contribution >= 0.6 is 0 Å². The third kappa shape index (κ3) is 1.72. The van der Waals surface area contributed by atoms with Gasteiger partial charge >= 0.3 is 0 Å². The summed E-state index contributed by atoms with van der Waals surface area (Å²) in [6.45, 7) is 3.81. The van der Waals surface area contributed by atoms with E-state index < -0.39 is 0 Å². The Labute approximate surface area is 104 Å². The van der Waals surface area contributed by atoms with Gasteiger partial charge in [0.25, 0.3) is 0 Å². The number of benzene rings is 1. The number of H-pyrrole nitrogens is 1. The summed E-state index contributed by atoms with van der Waals surface area (Å²) in [6, 6.07) is 10.1. The molecule has 2 heterocycles. The Hall–Kier alpha value is -2.36. The van der Waals surface area contributed by atoms with Gasteiger partial charge < -0.3 is 10.1 Å². The van der Waals surface area contributed by atoms with Gasteiger partial charge in [-0.25, -0.2) is 4.98 Å². The summed E-state index contributed by atoms with van der Waals surface area (Å²) in [7, 11) is 0. The van der Waals surface area contributed by atoms with Crippen LogP contribution in [-0.4, -0.2) is 20.1 Å². The van der Waals surface area contributed by atoms with E-state index >= 15 is 0 Å². The van der Waals surface area contributed by atoms with E-state index in [2.05, 4.69) is 34.0 Å². The van der Waals surface area contributed by atoms with Gasteiger partial charge in [-0.3, -0.25) is 0 Å². The second-order valence-electron chi connectivity index (χ2n) is 4.40. The molecular formula is C14H13N3O. The lowest BCUT2D eigenvalue weighted by molar-refractivity contribution is 0.456. The van der Waals surface area contributed by atoms with Crippen LogP contribution in [0.4, 0.5) is 0 Å². The number of nitrogens with one attached hydrogen (secondary N) is 1. The maximum absolute atomic E-state index is 9.77. The minimum absolute atomic E-state index is 0.00383. The maximum atomic E-state index is 9.77. The van der Waals surface area contributed by atoms with Crippen LogP contribution in [0.5, 0.6) is 5.88 Å². The topological polar surface area (TPSA) is 61.8 Å². The van der Waals surface area contributed by atoms with E-state index in [0.717, 1.165) is 16.8 Å². The molecule has 0 amide bonds. The lowest BCUT2D eigenvalue weighted by atomic mass is 10.1. The highest BCUT2D eigenvalue weighted by Gasteiger charge is 2.09. The fraction of sp³-hybridized carbons (Fsp3) is 0.143. The van der Waals surface area contributed by atoms with Gasteiger partial charge in [-0.15, -0.1) is 0 Å². The molecule has 4 heteroatoms. The van der Waals surface area contributed by atoms with Crippen LogP contribution in [0.15, 0.2) is 30.3 Å². The van der Waals surface area contributed by atoms with E-state index in [9.17, 15) is 5.11 Å². The SMILES string of the molecule is Cc1ccc(-c2cc3nc(C)nc(O)c3[nH]2)cc1. The van der Waals surface area contributed by atoms with Crippen molar-refractivity contribution in [2.45, 2.75) is 13.8 Å². The summed E-state index contributed by atoms with van der Waals surface area (Å²) in [4.78, 5) is 11.4. The first-order valence-electron chi connectivity index (χ1n) is 5.77. The van der Waals surface area contributed by atoms with E-state index in [1.807, 2.05) is 18.2 Å². The molecule has 3 aromatic rings. The van der Waals surface area contributed by atoms with Crippen LogP contribution in [0.2, 0.25) is 0 Å². The molecule has 0 radical (unpaired) electrons. The summed E-state index contributed by atoms with van der Waals surface area (Å²) in [6.07, 6.45) is 0. The van der Waals surface area contributed by atoms with Crippen molar-refractivity contribution in [1.82, 2.24) is 15.0 Å². The third-order valence-electron chi connectivity index (χ3n) is 2.93. The molecule has 18 heavy (non-hydrogen) atoms. The Morgan fingerprint density at radius 2 is 1.78 bits per heavy atom.